The van der Waals surface area contributed by atoms with Crippen LogP contribution in [0, 0.1) is 0 Å². The normalized spacial score (nSPS) is 15.4. The van der Waals surface area contributed by atoms with Gasteiger partial charge in [-0.1, -0.05) is 0 Å². The molecule has 1 aromatic rings. The summed E-state index contributed by atoms with van der Waals surface area (Å²) in [7, 11) is 1.81. The highest BCUT2D eigenvalue weighted by Gasteiger charge is 2.21. The monoisotopic (exact) mass is 239 g/mol. The van der Waals surface area contributed by atoms with Crippen molar-refractivity contribution >= 4 is 5.82 Å². The second kappa shape index (κ2) is 5.79. The highest BCUT2D eigenvalue weighted by Crippen LogP contribution is 2.17. The van der Waals surface area contributed by atoms with Gasteiger partial charge in [-0.05, 0) is 6.92 Å². The van der Waals surface area contributed by atoms with Gasteiger partial charge < -0.3 is 19.5 Å². The van der Waals surface area contributed by atoms with Crippen LogP contribution in [0.15, 0.2) is 6.07 Å². The molecule has 6 nitrogen and oxygen atoms in total. The summed E-state index contributed by atoms with van der Waals surface area (Å²) in [6, 6.07) is 1.77. The standard InChI is InChI=1S/C11H17N3O3/c1-3-15-7-10-13-9(12-2)4-11(14-10)17-8-5-16-6-8/h4,8H,3,5-7H2,1-2H3,(H,12,13,14). The fraction of sp³-hybridized carbons (Fsp3) is 0.636. The number of rotatable bonds is 6. The molecule has 1 fully saturated rings. The van der Waals surface area contributed by atoms with Gasteiger partial charge >= 0.3 is 0 Å². The van der Waals surface area contributed by atoms with E-state index in [0.717, 1.165) is 5.82 Å². The molecule has 0 amide bonds. The fourth-order valence-corrected chi connectivity index (χ4v) is 1.37. The van der Waals surface area contributed by atoms with Gasteiger partial charge in [0.15, 0.2) is 5.82 Å². The highest BCUT2D eigenvalue weighted by atomic mass is 16.6. The van der Waals surface area contributed by atoms with Gasteiger partial charge in [-0.2, -0.15) is 4.98 Å². The first kappa shape index (κ1) is 12.1. The van der Waals surface area contributed by atoms with E-state index < -0.39 is 0 Å². The molecule has 0 bridgehead atoms. The second-order valence-corrected chi connectivity index (χ2v) is 3.67. The molecule has 1 aliphatic heterocycles. The van der Waals surface area contributed by atoms with Crippen LogP contribution in [-0.4, -0.2) is 42.9 Å². The Hall–Kier alpha value is -1.40. The van der Waals surface area contributed by atoms with Crippen molar-refractivity contribution in [2.45, 2.75) is 19.6 Å². The molecule has 0 saturated carbocycles. The number of hydrogen-bond acceptors (Lipinski definition) is 6. The zero-order chi connectivity index (χ0) is 12.1. The van der Waals surface area contributed by atoms with Gasteiger partial charge in [0.25, 0.3) is 0 Å². The second-order valence-electron chi connectivity index (χ2n) is 3.67. The van der Waals surface area contributed by atoms with E-state index >= 15 is 0 Å². The Morgan fingerprint density at radius 2 is 2.29 bits per heavy atom. The van der Waals surface area contributed by atoms with Crippen LogP contribution in [0.3, 0.4) is 0 Å². The molecule has 1 N–H and O–H groups in total. The van der Waals surface area contributed by atoms with Crippen molar-refractivity contribution in [2.75, 3.05) is 32.2 Å². The minimum absolute atomic E-state index is 0.106. The highest BCUT2D eigenvalue weighted by molar-refractivity contribution is 5.37. The Kier molecular flexibility index (Phi) is 4.11. The van der Waals surface area contributed by atoms with Crippen LogP contribution in [0.4, 0.5) is 5.82 Å². The van der Waals surface area contributed by atoms with E-state index in [0.29, 0.717) is 38.1 Å². The Morgan fingerprint density at radius 1 is 1.47 bits per heavy atom. The van der Waals surface area contributed by atoms with Gasteiger partial charge in [0, 0.05) is 19.7 Å². The number of ether oxygens (including phenoxy) is 3. The number of aromatic nitrogens is 2. The molecule has 6 heteroatoms. The number of nitrogens with one attached hydrogen (secondary N) is 1. The van der Waals surface area contributed by atoms with Crippen LogP contribution in [0.25, 0.3) is 0 Å². The van der Waals surface area contributed by atoms with Crippen molar-refractivity contribution in [1.29, 1.82) is 0 Å². The third-order valence-electron chi connectivity index (χ3n) is 2.34. The van der Waals surface area contributed by atoms with Crippen LogP contribution < -0.4 is 10.1 Å². The van der Waals surface area contributed by atoms with E-state index in [1.54, 1.807) is 6.07 Å². The number of anilines is 1. The van der Waals surface area contributed by atoms with Crippen LogP contribution in [0.2, 0.25) is 0 Å². The zero-order valence-corrected chi connectivity index (χ0v) is 10.1. The van der Waals surface area contributed by atoms with E-state index in [1.165, 1.54) is 0 Å². The van der Waals surface area contributed by atoms with Crippen LogP contribution in [0.5, 0.6) is 5.88 Å². The Morgan fingerprint density at radius 3 is 2.88 bits per heavy atom. The molecule has 0 aromatic carbocycles. The third-order valence-corrected chi connectivity index (χ3v) is 2.34. The smallest absolute Gasteiger partial charge is 0.219 e. The van der Waals surface area contributed by atoms with Gasteiger partial charge in [-0.3, -0.25) is 0 Å². The average molecular weight is 239 g/mol. The Balaban J connectivity index is 2.06. The molecule has 0 radical (unpaired) electrons. The zero-order valence-electron chi connectivity index (χ0n) is 10.1. The lowest BCUT2D eigenvalue weighted by atomic mass is 10.3. The molecule has 2 rings (SSSR count). The maximum Gasteiger partial charge on any atom is 0.219 e. The van der Waals surface area contributed by atoms with E-state index in [4.69, 9.17) is 14.2 Å². The summed E-state index contributed by atoms with van der Waals surface area (Å²) in [4.78, 5) is 8.57. The summed E-state index contributed by atoms with van der Waals surface area (Å²) in [5.74, 6) is 1.91. The predicted molar refractivity (Wildman–Crippen MR) is 62.1 cm³/mol. The molecule has 94 valence electrons. The van der Waals surface area contributed by atoms with Crippen molar-refractivity contribution < 1.29 is 14.2 Å². The van der Waals surface area contributed by atoms with Gasteiger partial charge in [0.05, 0.1) is 13.2 Å². The molecule has 1 aliphatic rings. The van der Waals surface area contributed by atoms with Gasteiger partial charge in [0.2, 0.25) is 5.88 Å². The van der Waals surface area contributed by atoms with Crippen molar-refractivity contribution in [3.05, 3.63) is 11.9 Å². The quantitative estimate of drug-likeness (QED) is 0.793. The number of nitrogens with zero attached hydrogens (tertiary/aromatic N) is 2. The lowest BCUT2D eigenvalue weighted by Gasteiger charge is -2.26. The van der Waals surface area contributed by atoms with Crippen molar-refractivity contribution in [2.24, 2.45) is 0 Å². The first-order valence-corrected chi connectivity index (χ1v) is 5.69. The largest absolute Gasteiger partial charge is 0.469 e. The molecule has 17 heavy (non-hydrogen) atoms. The molecular formula is C11H17N3O3. The van der Waals surface area contributed by atoms with E-state index in [2.05, 4.69) is 15.3 Å². The predicted octanol–water partition coefficient (Wildman–Crippen LogP) is 0.832. The summed E-state index contributed by atoms with van der Waals surface area (Å²) < 4.78 is 16.0. The molecule has 1 saturated heterocycles. The summed E-state index contributed by atoms with van der Waals surface area (Å²) in [6.07, 6.45) is 0.106. The van der Waals surface area contributed by atoms with Crippen molar-refractivity contribution in [3.63, 3.8) is 0 Å². The summed E-state index contributed by atoms with van der Waals surface area (Å²) in [6.45, 7) is 4.22. The topological polar surface area (TPSA) is 65.5 Å². The first-order valence-electron chi connectivity index (χ1n) is 5.69. The molecule has 0 unspecified atom stereocenters. The summed E-state index contributed by atoms with van der Waals surface area (Å²) in [5.41, 5.74) is 0. The molecule has 0 spiro atoms. The minimum Gasteiger partial charge on any atom is -0.469 e. The van der Waals surface area contributed by atoms with E-state index in [9.17, 15) is 0 Å². The van der Waals surface area contributed by atoms with Crippen LogP contribution >= 0.6 is 0 Å². The molecule has 0 aliphatic carbocycles. The number of hydrogen-bond donors (Lipinski definition) is 1. The molecule has 2 heterocycles. The maximum atomic E-state index is 5.64. The average Bonchev–Trinajstić information content (AvgIpc) is 2.31. The fourth-order valence-electron chi connectivity index (χ4n) is 1.37. The minimum atomic E-state index is 0.106. The summed E-state index contributed by atoms with van der Waals surface area (Å²) in [5, 5.41) is 2.98. The van der Waals surface area contributed by atoms with Gasteiger partial charge in [-0.25, -0.2) is 4.98 Å². The molecule has 1 aromatic heterocycles. The first-order chi connectivity index (χ1) is 8.31. The van der Waals surface area contributed by atoms with Gasteiger partial charge in [-0.15, -0.1) is 0 Å². The Labute approximate surface area is 100 Å². The third kappa shape index (κ3) is 3.28. The van der Waals surface area contributed by atoms with Crippen molar-refractivity contribution in [3.8, 4) is 5.88 Å². The van der Waals surface area contributed by atoms with E-state index in [1.807, 2.05) is 14.0 Å². The van der Waals surface area contributed by atoms with E-state index in [-0.39, 0.29) is 6.10 Å². The molecular weight excluding hydrogens is 222 g/mol. The molecule has 0 atom stereocenters. The SMILES string of the molecule is CCOCc1nc(NC)cc(OC2COC2)n1. The van der Waals surface area contributed by atoms with Crippen molar-refractivity contribution in [1.82, 2.24) is 9.97 Å². The van der Waals surface area contributed by atoms with Gasteiger partial charge in [0.1, 0.15) is 18.5 Å². The van der Waals surface area contributed by atoms with Crippen LogP contribution in [0.1, 0.15) is 12.7 Å². The summed E-state index contributed by atoms with van der Waals surface area (Å²) >= 11 is 0. The lowest BCUT2D eigenvalue weighted by molar-refractivity contribution is -0.0815. The lowest BCUT2D eigenvalue weighted by Crippen LogP contribution is -2.38. The Bertz CT molecular complexity index is 369. The maximum absolute atomic E-state index is 5.64. The van der Waals surface area contributed by atoms with Crippen LogP contribution in [-0.2, 0) is 16.1 Å².